The molecule has 0 rings (SSSR count). The minimum atomic E-state index is -4.40. The number of hydrogen-bond donors (Lipinski definition) is 2. The number of unbranched alkanes of at least 4 members (excludes halogenated alkanes) is 54. The van der Waals surface area contributed by atoms with Crippen LogP contribution >= 0.6 is 7.82 Å². The predicted molar refractivity (Wildman–Crippen MR) is 441 cm³/mol. The Balaban J connectivity index is 3.73. The minimum Gasteiger partial charge on any atom is -0.462 e. The Labute approximate surface area is 627 Å². The molecule has 0 aromatic rings. The van der Waals surface area contributed by atoms with Crippen LogP contribution in [0.3, 0.4) is 0 Å². The lowest BCUT2D eigenvalue weighted by Gasteiger charge is -2.19. The number of hydrogen-bond acceptors (Lipinski definition) is 8. The summed E-state index contributed by atoms with van der Waals surface area (Å²) in [6.07, 6.45) is 119. The van der Waals surface area contributed by atoms with Gasteiger partial charge in [-0.25, -0.2) is 4.57 Å². The summed E-state index contributed by atoms with van der Waals surface area (Å²) in [6, 6.07) is 0. The van der Waals surface area contributed by atoms with Gasteiger partial charge in [-0.1, -0.05) is 426 Å². The van der Waals surface area contributed by atoms with E-state index in [1.807, 2.05) is 0 Å². The molecule has 0 aliphatic rings. The van der Waals surface area contributed by atoms with Crippen LogP contribution in [0.25, 0.3) is 0 Å². The average molecular weight is 1430 g/mol. The topological polar surface area (TPSA) is 134 Å². The summed E-state index contributed by atoms with van der Waals surface area (Å²) in [6.45, 7) is 3.69. The standard InChI is InChI=1S/C91H166NO8P/c1-3-5-7-9-11-13-15-17-19-21-23-25-27-29-31-33-35-37-39-41-43-44-46-48-50-52-54-56-58-60-62-64-66-68-70-72-74-76-78-80-82-84-91(94)100-89(88-99-101(95,96)98-86-85-92)87-97-90(93)83-81-79-77-75-73-71-69-67-65-63-61-59-57-55-53-51-49-47-45-42-40-38-36-34-32-30-28-26-24-22-20-18-16-14-12-10-8-6-4-2/h5,7,11,13,16-19,22-25,29,31,35,37,89H,3-4,6,8-10,12,14-15,20-21,26-28,30,32-34,36,38-88,92H2,1-2H3,(H,95,96)/b7-5-,13-11-,18-16-,19-17-,24-22-,25-23-,31-29-,37-35-. The van der Waals surface area contributed by atoms with E-state index in [0.717, 1.165) is 77.0 Å². The predicted octanol–water partition coefficient (Wildman–Crippen LogP) is 29.8. The van der Waals surface area contributed by atoms with Crippen molar-refractivity contribution < 1.29 is 37.6 Å². The summed E-state index contributed by atoms with van der Waals surface area (Å²) in [4.78, 5) is 35.5. The number of rotatable bonds is 83. The second-order valence-corrected chi connectivity index (χ2v) is 30.8. The van der Waals surface area contributed by atoms with Crippen molar-refractivity contribution in [3.63, 3.8) is 0 Å². The van der Waals surface area contributed by atoms with Crippen molar-refractivity contribution >= 4 is 19.8 Å². The fraction of sp³-hybridized carbons (Fsp3) is 0.802. The van der Waals surface area contributed by atoms with Crippen LogP contribution in [0.5, 0.6) is 0 Å². The highest BCUT2D eigenvalue weighted by Crippen LogP contribution is 2.43. The first-order valence-electron chi connectivity index (χ1n) is 43.7. The molecule has 0 radical (unpaired) electrons. The van der Waals surface area contributed by atoms with Gasteiger partial charge in [-0.05, 0) is 96.3 Å². The molecule has 0 bridgehead atoms. The third kappa shape index (κ3) is 85.7. The highest BCUT2D eigenvalue weighted by Gasteiger charge is 2.26. The van der Waals surface area contributed by atoms with E-state index in [1.165, 1.54) is 327 Å². The molecule has 0 aromatic carbocycles. The van der Waals surface area contributed by atoms with E-state index in [9.17, 15) is 19.0 Å². The molecule has 10 heteroatoms. The van der Waals surface area contributed by atoms with Crippen LogP contribution in [0.1, 0.15) is 438 Å². The smallest absolute Gasteiger partial charge is 0.462 e. The highest BCUT2D eigenvalue weighted by molar-refractivity contribution is 7.47. The lowest BCUT2D eigenvalue weighted by Crippen LogP contribution is -2.29. The van der Waals surface area contributed by atoms with Crippen molar-refractivity contribution in [2.24, 2.45) is 5.73 Å². The first kappa shape index (κ1) is 97.9. The van der Waals surface area contributed by atoms with Crippen LogP contribution in [-0.4, -0.2) is 49.3 Å². The maximum absolute atomic E-state index is 12.8. The van der Waals surface area contributed by atoms with E-state index in [-0.39, 0.29) is 38.6 Å². The quantitative estimate of drug-likeness (QED) is 0.0264. The number of ether oxygens (including phenoxy) is 2. The maximum Gasteiger partial charge on any atom is 0.472 e. The molecule has 0 heterocycles. The van der Waals surface area contributed by atoms with Gasteiger partial charge in [0.05, 0.1) is 13.2 Å². The van der Waals surface area contributed by atoms with E-state index in [2.05, 4.69) is 111 Å². The molecule has 588 valence electrons. The lowest BCUT2D eigenvalue weighted by molar-refractivity contribution is -0.161. The van der Waals surface area contributed by atoms with E-state index in [1.54, 1.807) is 0 Å². The van der Waals surface area contributed by atoms with Gasteiger partial charge < -0.3 is 20.1 Å². The van der Waals surface area contributed by atoms with Crippen LogP contribution in [0.2, 0.25) is 0 Å². The summed E-state index contributed by atoms with van der Waals surface area (Å²) >= 11 is 0. The van der Waals surface area contributed by atoms with Gasteiger partial charge in [0, 0.05) is 19.4 Å². The largest absolute Gasteiger partial charge is 0.472 e. The highest BCUT2D eigenvalue weighted by atomic mass is 31.2. The van der Waals surface area contributed by atoms with Crippen molar-refractivity contribution in [3.05, 3.63) is 97.2 Å². The number of esters is 2. The molecule has 0 aliphatic heterocycles. The molecular formula is C91H166NO8P. The fourth-order valence-corrected chi connectivity index (χ4v) is 13.8. The Morgan fingerprint density at radius 1 is 0.307 bits per heavy atom. The number of carbonyl (C=O) groups is 2. The van der Waals surface area contributed by atoms with Gasteiger partial charge in [0.15, 0.2) is 6.10 Å². The van der Waals surface area contributed by atoms with Crippen molar-refractivity contribution in [2.45, 2.75) is 444 Å². The SMILES string of the molecule is CC/C=C\C/C=C\C/C=C\C/C=C\C/C=C\C/C=C\CCCCCCCCCCCCCCCCCCCCCCCCC(=O)OC(COC(=O)CCCCCCCCCCCCCCCCCCCCCCCCCCCCC/C=C\C/C=C\CCCCCCC)COP(=O)(O)OCCN. The molecule has 2 atom stereocenters. The molecule has 0 amide bonds. The maximum atomic E-state index is 12.8. The van der Waals surface area contributed by atoms with Crippen molar-refractivity contribution in [1.29, 1.82) is 0 Å². The van der Waals surface area contributed by atoms with E-state index in [0.29, 0.717) is 6.42 Å². The van der Waals surface area contributed by atoms with Crippen LogP contribution in [0, 0.1) is 0 Å². The molecule has 0 aromatic heterocycles. The molecule has 0 saturated heterocycles. The van der Waals surface area contributed by atoms with Crippen LogP contribution in [-0.2, 0) is 32.7 Å². The van der Waals surface area contributed by atoms with Crippen molar-refractivity contribution in [3.8, 4) is 0 Å². The monoisotopic (exact) mass is 1430 g/mol. The molecule has 2 unspecified atom stereocenters. The molecule has 0 spiro atoms. The Hall–Kier alpha value is -3.07. The van der Waals surface area contributed by atoms with Gasteiger partial charge in [0.2, 0.25) is 0 Å². The van der Waals surface area contributed by atoms with Crippen LogP contribution < -0.4 is 5.73 Å². The van der Waals surface area contributed by atoms with Gasteiger partial charge in [0.25, 0.3) is 0 Å². The first-order chi connectivity index (χ1) is 49.8. The average Bonchev–Trinajstić information content (AvgIpc) is 1.04. The summed E-state index contributed by atoms with van der Waals surface area (Å²) in [5.41, 5.74) is 5.42. The number of nitrogens with two attached hydrogens (primary N) is 1. The zero-order valence-corrected chi connectivity index (χ0v) is 67.5. The Kier molecular flexibility index (Phi) is 83.2. The van der Waals surface area contributed by atoms with Gasteiger partial charge in [-0.2, -0.15) is 0 Å². The number of allylic oxidation sites excluding steroid dienone is 16. The Morgan fingerprint density at radius 3 is 0.812 bits per heavy atom. The summed E-state index contributed by atoms with van der Waals surface area (Å²) < 4.78 is 33.3. The van der Waals surface area contributed by atoms with Gasteiger partial charge in [-0.15, -0.1) is 0 Å². The number of phosphoric ester groups is 1. The molecule has 0 saturated carbocycles. The lowest BCUT2D eigenvalue weighted by atomic mass is 10.0. The number of phosphoric acid groups is 1. The molecule has 0 aliphatic carbocycles. The molecule has 3 N–H and O–H groups in total. The third-order valence-corrected chi connectivity index (χ3v) is 20.4. The van der Waals surface area contributed by atoms with Gasteiger partial charge >= 0.3 is 19.8 Å². The molecule has 0 fully saturated rings. The molecule has 9 nitrogen and oxygen atoms in total. The van der Waals surface area contributed by atoms with E-state index >= 15 is 0 Å². The second kappa shape index (κ2) is 85.9. The first-order valence-corrected chi connectivity index (χ1v) is 45.2. The second-order valence-electron chi connectivity index (χ2n) is 29.4. The summed E-state index contributed by atoms with van der Waals surface area (Å²) in [7, 11) is -4.40. The van der Waals surface area contributed by atoms with Gasteiger partial charge in [0.1, 0.15) is 6.61 Å². The normalized spacial score (nSPS) is 13.3. The zero-order valence-electron chi connectivity index (χ0n) is 66.6. The van der Waals surface area contributed by atoms with Gasteiger partial charge in [-0.3, -0.25) is 18.6 Å². The zero-order chi connectivity index (χ0) is 72.9. The van der Waals surface area contributed by atoms with E-state index < -0.39 is 26.5 Å². The Morgan fingerprint density at radius 2 is 0.545 bits per heavy atom. The van der Waals surface area contributed by atoms with Crippen molar-refractivity contribution in [2.75, 3.05) is 26.4 Å². The summed E-state index contributed by atoms with van der Waals surface area (Å²) in [5, 5.41) is 0. The van der Waals surface area contributed by atoms with Crippen LogP contribution in [0.15, 0.2) is 97.2 Å². The fourth-order valence-electron chi connectivity index (χ4n) is 13.0. The molecule has 101 heavy (non-hydrogen) atoms. The van der Waals surface area contributed by atoms with Crippen LogP contribution in [0.4, 0.5) is 0 Å². The van der Waals surface area contributed by atoms with Crippen molar-refractivity contribution in [1.82, 2.24) is 0 Å². The number of carbonyl (C=O) groups excluding carboxylic acids is 2. The summed E-state index contributed by atoms with van der Waals surface area (Å²) in [5.74, 6) is -0.804. The van der Waals surface area contributed by atoms with E-state index in [4.69, 9.17) is 24.3 Å². The molecular weight excluding hydrogens is 1270 g/mol. The minimum absolute atomic E-state index is 0.0544. The Bertz CT molecular complexity index is 1990. The third-order valence-electron chi connectivity index (χ3n) is 19.5.